The first-order chi connectivity index (χ1) is 11.7. The lowest BCUT2D eigenvalue weighted by Gasteiger charge is -2.28. The van der Waals surface area contributed by atoms with E-state index < -0.39 is 6.04 Å². The summed E-state index contributed by atoms with van der Waals surface area (Å²) < 4.78 is 5.08. The number of hydrogen-bond acceptors (Lipinski definition) is 3. The molecule has 1 atom stereocenters. The molecule has 0 N–H and O–H groups in total. The van der Waals surface area contributed by atoms with E-state index in [4.69, 9.17) is 4.74 Å². The molecule has 0 aliphatic carbocycles. The molecule has 4 heteroatoms. The predicted octanol–water partition coefficient (Wildman–Crippen LogP) is 3.24. The van der Waals surface area contributed by atoms with Crippen molar-refractivity contribution in [2.24, 2.45) is 0 Å². The minimum absolute atomic E-state index is 0.146. The summed E-state index contributed by atoms with van der Waals surface area (Å²) in [7, 11) is 1.59. The fourth-order valence-electron chi connectivity index (χ4n) is 2.52. The highest BCUT2D eigenvalue weighted by molar-refractivity contribution is 5.95. The van der Waals surface area contributed by atoms with Crippen LogP contribution in [-0.2, 0) is 16.1 Å². The van der Waals surface area contributed by atoms with E-state index in [-0.39, 0.29) is 5.91 Å². The molecule has 0 aromatic heterocycles. The third kappa shape index (κ3) is 4.77. The monoisotopic (exact) mass is 325 g/mol. The van der Waals surface area contributed by atoms with E-state index in [2.05, 4.69) is 0 Å². The third-order valence-electron chi connectivity index (χ3n) is 3.93. The fraction of sp³-hybridized carbons (Fsp3) is 0.300. The Hall–Kier alpha value is -2.46. The lowest BCUT2D eigenvalue weighted by Crippen LogP contribution is -2.41. The van der Waals surface area contributed by atoms with Crippen molar-refractivity contribution in [1.82, 2.24) is 4.90 Å². The van der Waals surface area contributed by atoms with Crippen molar-refractivity contribution in [3.05, 3.63) is 71.3 Å². The highest BCUT2D eigenvalue weighted by atomic mass is 16.5. The van der Waals surface area contributed by atoms with Crippen molar-refractivity contribution in [1.29, 1.82) is 0 Å². The zero-order valence-corrected chi connectivity index (χ0v) is 14.1. The van der Waals surface area contributed by atoms with E-state index in [9.17, 15) is 9.59 Å². The Morgan fingerprint density at radius 2 is 1.79 bits per heavy atom. The smallest absolute Gasteiger partial charge is 0.254 e. The van der Waals surface area contributed by atoms with Crippen LogP contribution < -0.4 is 0 Å². The summed E-state index contributed by atoms with van der Waals surface area (Å²) in [5.41, 5.74) is 2.66. The van der Waals surface area contributed by atoms with Crippen molar-refractivity contribution in [2.45, 2.75) is 25.9 Å². The number of aldehydes is 1. The second-order valence-electron chi connectivity index (χ2n) is 5.77. The van der Waals surface area contributed by atoms with Gasteiger partial charge in [-0.1, -0.05) is 48.0 Å². The maximum atomic E-state index is 13.0. The van der Waals surface area contributed by atoms with Gasteiger partial charge in [0.1, 0.15) is 6.29 Å². The van der Waals surface area contributed by atoms with Crippen LogP contribution in [0.15, 0.2) is 54.6 Å². The molecule has 0 fully saturated rings. The molecule has 24 heavy (non-hydrogen) atoms. The average molecular weight is 325 g/mol. The quantitative estimate of drug-likeness (QED) is 0.700. The number of methoxy groups -OCH3 is 1. The highest BCUT2D eigenvalue weighted by Crippen LogP contribution is 2.15. The lowest BCUT2D eigenvalue weighted by molar-refractivity contribution is -0.112. The number of benzene rings is 2. The van der Waals surface area contributed by atoms with Gasteiger partial charge in [-0.3, -0.25) is 4.79 Å². The van der Waals surface area contributed by atoms with E-state index in [1.807, 2.05) is 49.4 Å². The third-order valence-corrected chi connectivity index (χ3v) is 3.93. The molecule has 0 saturated carbocycles. The predicted molar refractivity (Wildman–Crippen MR) is 93.8 cm³/mol. The van der Waals surface area contributed by atoms with E-state index in [0.29, 0.717) is 25.1 Å². The number of aryl methyl sites for hydroxylation is 1. The molecular formula is C20H23NO3. The maximum Gasteiger partial charge on any atom is 0.254 e. The van der Waals surface area contributed by atoms with Gasteiger partial charge in [0.25, 0.3) is 5.91 Å². The van der Waals surface area contributed by atoms with E-state index in [0.717, 1.165) is 17.4 Å². The molecule has 0 aliphatic rings. The van der Waals surface area contributed by atoms with Crippen LogP contribution in [0.2, 0.25) is 0 Å². The number of amides is 1. The summed E-state index contributed by atoms with van der Waals surface area (Å²) in [5, 5.41) is 0. The van der Waals surface area contributed by atoms with Gasteiger partial charge in [0.05, 0.1) is 6.04 Å². The normalized spacial score (nSPS) is 11.8. The number of ether oxygens (including phenoxy) is 1. The van der Waals surface area contributed by atoms with Gasteiger partial charge >= 0.3 is 0 Å². The average Bonchev–Trinajstić information content (AvgIpc) is 2.62. The Labute approximate surface area is 143 Å². The number of rotatable bonds is 8. The van der Waals surface area contributed by atoms with Crippen LogP contribution in [0.1, 0.15) is 27.9 Å². The first-order valence-corrected chi connectivity index (χ1v) is 8.01. The largest absolute Gasteiger partial charge is 0.385 e. The summed E-state index contributed by atoms with van der Waals surface area (Å²) in [6, 6.07) is 16.6. The van der Waals surface area contributed by atoms with E-state index in [1.54, 1.807) is 24.1 Å². The van der Waals surface area contributed by atoms with Gasteiger partial charge in [-0.05, 0) is 31.0 Å². The van der Waals surface area contributed by atoms with Crippen LogP contribution in [-0.4, -0.2) is 36.9 Å². The van der Waals surface area contributed by atoms with Crippen LogP contribution in [0.25, 0.3) is 0 Å². The van der Waals surface area contributed by atoms with Gasteiger partial charge in [0.2, 0.25) is 0 Å². The van der Waals surface area contributed by atoms with Gasteiger partial charge in [-0.15, -0.1) is 0 Å². The van der Waals surface area contributed by atoms with Gasteiger partial charge in [-0.2, -0.15) is 0 Å². The Kier molecular flexibility index (Phi) is 6.70. The minimum atomic E-state index is -0.515. The Morgan fingerprint density at radius 3 is 2.38 bits per heavy atom. The molecule has 0 radical (unpaired) electrons. The summed E-state index contributed by atoms with van der Waals surface area (Å²) >= 11 is 0. The van der Waals surface area contributed by atoms with Crippen molar-refractivity contribution in [3.63, 3.8) is 0 Å². The molecular weight excluding hydrogens is 302 g/mol. The highest BCUT2D eigenvalue weighted by Gasteiger charge is 2.24. The number of hydrogen-bond donors (Lipinski definition) is 0. The van der Waals surface area contributed by atoms with Crippen LogP contribution in [0.4, 0.5) is 0 Å². The summed E-state index contributed by atoms with van der Waals surface area (Å²) in [6.45, 7) is 2.79. The van der Waals surface area contributed by atoms with Crippen LogP contribution in [0.3, 0.4) is 0 Å². The molecule has 0 saturated heterocycles. The molecule has 1 unspecified atom stereocenters. The zero-order chi connectivity index (χ0) is 17.4. The Balaban J connectivity index is 2.27. The standard InChI is InChI=1S/C20H23NO3/c1-16-8-10-18(11-9-16)20(23)21(19(15-22)12-13-24-2)14-17-6-4-3-5-7-17/h3-11,15,19H,12-14H2,1-2H3. The Bertz CT molecular complexity index is 652. The molecule has 1 amide bonds. The first-order valence-electron chi connectivity index (χ1n) is 8.01. The van der Waals surface area contributed by atoms with E-state index >= 15 is 0 Å². The molecule has 2 aromatic carbocycles. The summed E-state index contributed by atoms with van der Waals surface area (Å²) in [6.07, 6.45) is 1.30. The number of carbonyl (C=O) groups excluding carboxylic acids is 2. The molecule has 0 aliphatic heterocycles. The summed E-state index contributed by atoms with van der Waals surface area (Å²) in [4.78, 5) is 26.2. The lowest BCUT2D eigenvalue weighted by atomic mass is 10.1. The van der Waals surface area contributed by atoms with Crippen LogP contribution >= 0.6 is 0 Å². The second-order valence-corrected chi connectivity index (χ2v) is 5.77. The number of nitrogens with zero attached hydrogens (tertiary/aromatic N) is 1. The van der Waals surface area contributed by atoms with Gasteiger partial charge < -0.3 is 14.4 Å². The van der Waals surface area contributed by atoms with Gasteiger partial charge in [0, 0.05) is 25.8 Å². The molecule has 2 aromatic rings. The molecule has 4 nitrogen and oxygen atoms in total. The second kappa shape index (κ2) is 8.99. The number of carbonyl (C=O) groups is 2. The van der Waals surface area contributed by atoms with Crippen molar-refractivity contribution >= 4 is 12.2 Å². The van der Waals surface area contributed by atoms with E-state index in [1.165, 1.54) is 0 Å². The molecule has 0 bridgehead atoms. The van der Waals surface area contributed by atoms with Crippen LogP contribution in [0.5, 0.6) is 0 Å². The van der Waals surface area contributed by atoms with Gasteiger partial charge in [0.15, 0.2) is 0 Å². The fourth-order valence-corrected chi connectivity index (χ4v) is 2.52. The maximum absolute atomic E-state index is 13.0. The first kappa shape index (κ1) is 17.9. The topological polar surface area (TPSA) is 46.6 Å². The minimum Gasteiger partial charge on any atom is -0.385 e. The summed E-state index contributed by atoms with van der Waals surface area (Å²) in [5.74, 6) is -0.146. The Morgan fingerprint density at radius 1 is 1.12 bits per heavy atom. The van der Waals surface area contributed by atoms with Gasteiger partial charge in [-0.25, -0.2) is 0 Å². The van der Waals surface area contributed by atoms with Crippen molar-refractivity contribution < 1.29 is 14.3 Å². The molecule has 126 valence electrons. The van der Waals surface area contributed by atoms with Crippen LogP contribution in [0, 0.1) is 6.92 Å². The molecule has 0 heterocycles. The molecule has 2 rings (SSSR count). The SMILES string of the molecule is COCCC(C=O)N(Cc1ccccc1)C(=O)c1ccc(C)cc1. The van der Waals surface area contributed by atoms with Crippen molar-refractivity contribution in [2.75, 3.05) is 13.7 Å². The molecule has 0 spiro atoms. The zero-order valence-electron chi connectivity index (χ0n) is 14.1. The van der Waals surface area contributed by atoms with Crippen molar-refractivity contribution in [3.8, 4) is 0 Å².